The first-order valence-corrected chi connectivity index (χ1v) is 7.37. The molecule has 1 aromatic rings. The molecule has 2 N–H and O–H groups in total. The Balaban J connectivity index is 2.58. The van der Waals surface area contributed by atoms with Gasteiger partial charge in [-0.25, -0.2) is 0 Å². The highest BCUT2D eigenvalue weighted by atomic mass is 16.3. The Kier molecular flexibility index (Phi) is 6.21. The molecule has 20 heavy (non-hydrogen) atoms. The number of aliphatic hydroxyl groups excluding tert-OH is 1. The minimum atomic E-state index is -0.147. The van der Waals surface area contributed by atoms with Crippen molar-refractivity contribution in [3.63, 3.8) is 0 Å². The largest absolute Gasteiger partial charge is 0.396 e. The van der Waals surface area contributed by atoms with Crippen molar-refractivity contribution < 1.29 is 9.90 Å². The first-order chi connectivity index (χ1) is 9.39. The summed E-state index contributed by atoms with van der Waals surface area (Å²) in [6, 6.07) is 8.22. The SMILES string of the molecule is CCc1ccc(C(C)C(=O)NCC(C)(C)CCO)cc1. The lowest BCUT2D eigenvalue weighted by Gasteiger charge is -2.25. The van der Waals surface area contributed by atoms with Crippen LogP contribution in [0.1, 0.15) is 51.2 Å². The first kappa shape index (κ1) is 16.7. The zero-order chi connectivity index (χ0) is 15.2. The van der Waals surface area contributed by atoms with Gasteiger partial charge in [-0.2, -0.15) is 0 Å². The van der Waals surface area contributed by atoms with E-state index in [9.17, 15) is 4.79 Å². The molecule has 0 saturated heterocycles. The van der Waals surface area contributed by atoms with E-state index in [0.29, 0.717) is 13.0 Å². The van der Waals surface area contributed by atoms with E-state index in [1.165, 1.54) is 5.56 Å². The summed E-state index contributed by atoms with van der Waals surface area (Å²) < 4.78 is 0. The number of hydrogen-bond donors (Lipinski definition) is 2. The molecule has 0 aliphatic rings. The summed E-state index contributed by atoms with van der Waals surface area (Å²) >= 11 is 0. The van der Waals surface area contributed by atoms with Gasteiger partial charge in [0.25, 0.3) is 0 Å². The highest BCUT2D eigenvalue weighted by Gasteiger charge is 2.21. The molecule has 0 fully saturated rings. The van der Waals surface area contributed by atoms with Crippen molar-refractivity contribution in [1.82, 2.24) is 5.32 Å². The average Bonchev–Trinajstić information content (AvgIpc) is 2.44. The van der Waals surface area contributed by atoms with Gasteiger partial charge in [0, 0.05) is 13.2 Å². The highest BCUT2D eigenvalue weighted by Crippen LogP contribution is 2.20. The third kappa shape index (κ3) is 4.97. The summed E-state index contributed by atoms with van der Waals surface area (Å²) in [4.78, 5) is 12.2. The van der Waals surface area contributed by atoms with Crippen molar-refractivity contribution in [2.24, 2.45) is 5.41 Å². The molecule has 3 nitrogen and oxygen atoms in total. The molecule has 112 valence electrons. The molecule has 0 saturated carbocycles. The fourth-order valence-corrected chi connectivity index (χ4v) is 2.06. The smallest absolute Gasteiger partial charge is 0.227 e. The Morgan fingerprint density at radius 2 is 1.90 bits per heavy atom. The molecular formula is C17H27NO2. The van der Waals surface area contributed by atoms with Gasteiger partial charge in [0.1, 0.15) is 0 Å². The van der Waals surface area contributed by atoms with Crippen molar-refractivity contribution in [3.8, 4) is 0 Å². The molecule has 0 aliphatic carbocycles. The van der Waals surface area contributed by atoms with Crippen LogP contribution in [0.5, 0.6) is 0 Å². The lowest BCUT2D eigenvalue weighted by Crippen LogP contribution is -2.36. The van der Waals surface area contributed by atoms with E-state index in [-0.39, 0.29) is 23.8 Å². The molecule has 1 rings (SSSR count). The topological polar surface area (TPSA) is 49.3 Å². The summed E-state index contributed by atoms with van der Waals surface area (Å²) in [5.41, 5.74) is 2.25. The summed E-state index contributed by atoms with van der Waals surface area (Å²) in [6.45, 7) is 8.87. The van der Waals surface area contributed by atoms with E-state index in [4.69, 9.17) is 5.11 Å². The third-order valence-electron chi connectivity index (χ3n) is 3.81. The van der Waals surface area contributed by atoms with Crippen LogP contribution < -0.4 is 5.32 Å². The van der Waals surface area contributed by atoms with Gasteiger partial charge in [-0.05, 0) is 36.3 Å². The molecule has 0 bridgehead atoms. The van der Waals surface area contributed by atoms with E-state index >= 15 is 0 Å². The lowest BCUT2D eigenvalue weighted by atomic mass is 9.89. The van der Waals surface area contributed by atoms with Gasteiger partial charge in [-0.3, -0.25) is 4.79 Å². The Hall–Kier alpha value is -1.35. The maximum Gasteiger partial charge on any atom is 0.227 e. The molecule has 1 aromatic carbocycles. The summed E-state index contributed by atoms with van der Waals surface area (Å²) in [5.74, 6) is -0.105. The van der Waals surface area contributed by atoms with E-state index < -0.39 is 0 Å². The average molecular weight is 277 g/mol. The molecule has 1 amide bonds. The van der Waals surface area contributed by atoms with Crippen LogP contribution in [0.2, 0.25) is 0 Å². The van der Waals surface area contributed by atoms with Crippen molar-refractivity contribution in [2.45, 2.75) is 46.5 Å². The number of carbonyl (C=O) groups excluding carboxylic acids is 1. The number of hydrogen-bond acceptors (Lipinski definition) is 2. The van der Waals surface area contributed by atoms with Gasteiger partial charge >= 0.3 is 0 Å². The monoisotopic (exact) mass is 277 g/mol. The molecular weight excluding hydrogens is 250 g/mol. The van der Waals surface area contributed by atoms with Crippen LogP contribution in [0, 0.1) is 5.41 Å². The number of aliphatic hydroxyl groups is 1. The maximum absolute atomic E-state index is 12.2. The molecule has 0 radical (unpaired) electrons. The Morgan fingerprint density at radius 3 is 2.40 bits per heavy atom. The third-order valence-corrected chi connectivity index (χ3v) is 3.81. The van der Waals surface area contributed by atoms with Crippen LogP contribution >= 0.6 is 0 Å². The first-order valence-electron chi connectivity index (χ1n) is 7.37. The summed E-state index contributed by atoms with van der Waals surface area (Å²) in [7, 11) is 0. The summed E-state index contributed by atoms with van der Waals surface area (Å²) in [5, 5.41) is 12.0. The number of aryl methyl sites for hydroxylation is 1. The van der Waals surface area contributed by atoms with Gasteiger partial charge in [-0.15, -0.1) is 0 Å². The minimum absolute atomic E-state index is 0.0419. The Morgan fingerprint density at radius 1 is 1.30 bits per heavy atom. The zero-order valence-corrected chi connectivity index (χ0v) is 13.1. The summed E-state index contributed by atoms with van der Waals surface area (Å²) in [6.07, 6.45) is 1.70. The number of amides is 1. The minimum Gasteiger partial charge on any atom is -0.396 e. The molecule has 0 heterocycles. The molecule has 3 heteroatoms. The van der Waals surface area contributed by atoms with Gasteiger partial charge in [0.05, 0.1) is 5.92 Å². The van der Waals surface area contributed by atoms with Crippen LogP contribution in [-0.4, -0.2) is 24.2 Å². The fourth-order valence-electron chi connectivity index (χ4n) is 2.06. The second kappa shape index (κ2) is 7.44. The van der Waals surface area contributed by atoms with Crippen molar-refractivity contribution >= 4 is 5.91 Å². The van der Waals surface area contributed by atoms with Gasteiger partial charge in [0.15, 0.2) is 0 Å². The fraction of sp³-hybridized carbons (Fsp3) is 0.588. The van der Waals surface area contributed by atoms with Gasteiger partial charge in [0.2, 0.25) is 5.91 Å². The normalized spacial score (nSPS) is 13.1. The highest BCUT2D eigenvalue weighted by molar-refractivity contribution is 5.83. The second-order valence-electron chi connectivity index (χ2n) is 6.17. The lowest BCUT2D eigenvalue weighted by molar-refractivity contribution is -0.122. The number of benzene rings is 1. The van der Waals surface area contributed by atoms with Gasteiger partial charge in [-0.1, -0.05) is 45.0 Å². The molecule has 0 aromatic heterocycles. The van der Waals surface area contributed by atoms with Crippen molar-refractivity contribution in [2.75, 3.05) is 13.2 Å². The maximum atomic E-state index is 12.2. The quantitative estimate of drug-likeness (QED) is 0.805. The number of nitrogens with one attached hydrogen (secondary N) is 1. The molecule has 0 aliphatic heterocycles. The Bertz CT molecular complexity index is 423. The predicted octanol–water partition coefficient (Wildman–Crippen LogP) is 2.88. The molecule has 0 spiro atoms. The van der Waals surface area contributed by atoms with Crippen LogP contribution in [0.15, 0.2) is 24.3 Å². The number of carbonyl (C=O) groups is 1. The van der Waals surface area contributed by atoms with Crippen LogP contribution in [0.25, 0.3) is 0 Å². The van der Waals surface area contributed by atoms with Gasteiger partial charge < -0.3 is 10.4 Å². The second-order valence-corrected chi connectivity index (χ2v) is 6.17. The van der Waals surface area contributed by atoms with E-state index in [0.717, 1.165) is 12.0 Å². The van der Waals surface area contributed by atoms with E-state index in [1.54, 1.807) is 0 Å². The standard InChI is InChI=1S/C17H27NO2/c1-5-14-6-8-15(9-7-14)13(2)16(20)18-12-17(3,4)10-11-19/h6-9,13,19H,5,10-12H2,1-4H3,(H,18,20). The van der Waals surface area contributed by atoms with Crippen molar-refractivity contribution in [3.05, 3.63) is 35.4 Å². The van der Waals surface area contributed by atoms with Crippen LogP contribution in [-0.2, 0) is 11.2 Å². The zero-order valence-electron chi connectivity index (χ0n) is 13.1. The van der Waals surface area contributed by atoms with Crippen molar-refractivity contribution in [1.29, 1.82) is 0 Å². The molecule has 1 unspecified atom stereocenters. The van der Waals surface area contributed by atoms with E-state index in [2.05, 4.69) is 24.4 Å². The Labute approximate surface area is 122 Å². The van der Waals surface area contributed by atoms with Crippen LogP contribution in [0.4, 0.5) is 0 Å². The number of rotatable bonds is 7. The van der Waals surface area contributed by atoms with Crippen LogP contribution in [0.3, 0.4) is 0 Å². The van der Waals surface area contributed by atoms with E-state index in [1.807, 2.05) is 32.9 Å². The molecule has 1 atom stereocenters. The predicted molar refractivity (Wildman–Crippen MR) is 82.7 cm³/mol.